The molecule has 0 unspecified atom stereocenters. The Bertz CT molecular complexity index is 420. The minimum absolute atomic E-state index is 0.412. The van der Waals surface area contributed by atoms with Crippen LogP contribution in [0.25, 0.3) is 0 Å². The van der Waals surface area contributed by atoms with Crippen molar-refractivity contribution in [1.29, 1.82) is 0 Å². The highest BCUT2D eigenvalue weighted by Crippen LogP contribution is 2.11. The summed E-state index contributed by atoms with van der Waals surface area (Å²) in [6, 6.07) is 3.94. The third-order valence-electron chi connectivity index (χ3n) is 2.73. The van der Waals surface area contributed by atoms with Gasteiger partial charge in [-0.05, 0) is 46.2 Å². The van der Waals surface area contributed by atoms with Crippen LogP contribution in [0.1, 0.15) is 40.2 Å². The van der Waals surface area contributed by atoms with Gasteiger partial charge in [-0.1, -0.05) is 6.07 Å². The Kier molecular flexibility index (Phi) is 5.80. The third kappa shape index (κ3) is 5.47. The molecule has 1 heterocycles. The molecule has 0 atom stereocenters. The van der Waals surface area contributed by atoms with Crippen LogP contribution in [0.15, 0.2) is 18.3 Å². The van der Waals surface area contributed by atoms with Crippen LogP contribution in [-0.2, 0) is 11.3 Å². The smallest absolute Gasteiger partial charge is 0.407 e. The van der Waals surface area contributed by atoms with Crippen molar-refractivity contribution in [3.8, 4) is 0 Å². The fraction of sp³-hybridized carbons (Fsp3) is 0.600. The number of amides is 1. The number of nitrogens with one attached hydrogen (secondary N) is 1. The molecule has 1 amide bonds. The summed E-state index contributed by atoms with van der Waals surface area (Å²) in [6.07, 6.45) is 1.37. The van der Waals surface area contributed by atoms with E-state index in [2.05, 4.69) is 29.0 Å². The summed E-state index contributed by atoms with van der Waals surface area (Å²) in [5, 5.41) is 2.72. The minimum atomic E-state index is -0.477. The lowest BCUT2D eigenvalue weighted by Gasteiger charge is -2.20. The summed E-state index contributed by atoms with van der Waals surface area (Å²) in [7, 11) is 0. The van der Waals surface area contributed by atoms with Gasteiger partial charge in [-0.25, -0.2) is 9.78 Å². The normalized spacial score (nSPS) is 11.1. The van der Waals surface area contributed by atoms with Gasteiger partial charge in [0.25, 0.3) is 0 Å². The Labute approximate surface area is 121 Å². The van der Waals surface area contributed by atoms with Gasteiger partial charge in [-0.2, -0.15) is 0 Å². The van der Waals surface area contributed by atoms with E-state index >= 15 is 0 Å². The Balaban J connectivity index is 2.52. The van der Waals surface area contributed by atoms with E-state index in [9.17, 15) is 4.79 Å². The summed E-state index contributed by atoms with van der Waals surface area (Å²) in [5.41, 5.74) is 0.473. The second kappa shape index (κ2) is 7.12. The first kappa shape index (κ1) is 16.3. The molecular weight excluding hydrogens is 254 g/mol. The summed E-state index contributed by atoms with van der Waals surface area (Å²) in [5.74, 6) is 0.955. The molecule has 1 rings (SSSR count). The maximum Gasteiger partial charge on any atom is 0.407 e. The number of anilines is 1. The highest BCUT2D eigenvalue weighted by Gasteiger charge is 2.15. The maximum atomic E-state index is 11.5. The number of pyridine rings is 1. The Morgan fingerprint density at radius 1 is 1.30 bits per heavy atom. The lowest BCUT2D eigenvalue weighted by Crippen LogP contribution is -2.32. The molecule has 0 aliphatic heterocycles. The minimum Gasteiger partial charge on any atom is -0.444 e. The highest BCUT2D eigenvalue weighted by molar-refractivity contribution is 5.67. The van der Waals surface area contributed by atoms with E-state index in [1.165, 1.54) is 0 Å². The molecule has 0 aliphatic rings. The molecule has 0 aliphatic carbocycles. The van der Waals surface area contributed by atoms with Gasteiger partial charge in [0, 0.05) is 25.8 Å². The SMILES string of the molecule is CCN(CC)c1ccc(CNC(=O)OC(C)(C)C)cn1. The summed E-state index contributed by atoms with van der Waals surface area (Å²) >= 11 is 0. The summed E-state index contributed by atoms with van der Waals surface area (Å²) in [4.78, 5) is 18.1. The Morgan fingerprint density at radius 3 is 2.40 bits per heavy atom. The zero-order valence-electron chi connectivity index (χ0n) is 13.1. The fourth-order valence-corrected chi connectivity index (χ4v) is 1.74. The van der Waals surface area contributed by atoms with Crippen molar-refractivity contribution in [2.45, 2.75) is 46.8 Å². The van der Waals surface area contributed by atoms with Gasteiger partial charge in [-0.15, -0.1) is 0 Å². The zero-order valence-corrected chi connectivity index (χ0v) is 13.1. The monoisotopic (exact) mass is 279 g/mol. The van der Waals surface area contributed by atoms with Crippen LogP contribution in [0.5, 0.6) is 0 Å². The van der Waals surface area contributed by atoms with Crippen molar-refractivity contribution in [3.05, 3.63) is 23.9 Å². The van der Waals surface area contributed by atoms with Crippen LogP contribution in [0.2, 0.25) is 0 Å². The van der Waals surface area contributed by atoms with Crippen molar-refractivity contribution in [2.75, 3.05) is 18.0 Å². The number of nitrogens with zero attached hydrogens (tertiary/aromatic N) is 2. The number of aromatic nitrogens is 1. The van der Waals surface area contributed by atoms with Gasteiger partial charge < -0.3 is 15.0 Å². The average Bonchev–Trinajstić information content (AvgIpc) is 2.37. The molecular formula is C15H25N3O2. The molecule has 1 N–H and O–H groups in total. The largest absolute Gasteiger partial charge is 0.444 e. The maximum absolute atomic E-state index is 11.5. The van der Waals surface area contributed by atoms with Crippen LogP contribution >= 0.6 is 0 Å². The average molecular weight is 279 g/mol. The van der Waals surface area contributed by atoms with Crippen molar-refractivity contribution < 1.29 is 9.53 Å². The number of carbonyl (C=O) groups excluding carboxylic acids is 1. The first-order chi connectivity index (χ1) is 9.35. The van der Waals surface area contributed by atoms with Gasteiger partial charge in [0.1, 0.15) is 11.4 Å². The molecule has 0 fully saturated rings. The van der Waals surface area contributed by atoms with Crippen LogP contribution in [0, 0.1) is 0 Å². The number of hydrogen-bond acceptors (Lipinski definition) is 4. The van der Waals surface area contributed by atoms with Gasteiger partial charge in [-0.3, -0.25) is 0 Å². The standard InChI is InChI=1S/C15H25N3O2/c1-6-18(7-2)13-9-8-12(10-16-13)11-17-14(19)20-15(3,4)5/h8-10H,6-7,11H2,1-5H3,(H,17,19). The quantitative estimate of drug-likeness (QED) is 0.900. The van der Waals surface area contributed by atoms with E-state index in [1.807, 2.05) is 32.9 Å². The van der Waals surface area contributed by atoms with Crippen molar-refractivity contribution >= 4 is 11.9 Å². The van der Waals surface area contributed by atoms with Gasteiger partial charge in [0.05, 0.1) is 0 Å². The van der Waals surface area contributed by atoms with E-state index < -0.39 is 11.7 Å². The van der Waals surface area contributed by atoms with Gasteiger partial charge in [0.15, 0.2) is 0 Å². The predicted octanol–water partition coefficient (Wildman–Crippen LogP) is 2.95. The summed E-state index contributed by atoms with van der Waals surface area (Å²) < 4.78 is 5.18. The first-order valence-electron chi connectivity index (χ1n) is 7.02. The lowest BCUT2D eigenvalue weighted by molar-refractivity contribution is 0.0523. The number of hydrogen-bond donors (Lipinski definition) is 1. The van der Waals surface area contributed by atoms with E-state index in [4.69, 9.17) is 4.74 Å². The second-order valence-electron chi connectivity index (χ2n) is 5.55. The van der Waals surface area contributed by atoms with Crippen molar-refractivity contribution in [1.82, 2.24) is 10.3 Å². The zero-order chi connectivity index (χ0) is 15.2. The van der Waals surface area contributed by atoms with Crippen LogP contribution < -0.4 is 10.2 Å². The second-order valence-corrected chi connectivity index (χ2v) is 5.55. The number of ether oxygens (including phenoxy) is 1. The molecule has 0 bridgehead atoms. The number of carbonyl (C=O) groups is 1. The molecule has 0 radical (unpaired) electrons. The number of alkyl carbamates (subject to hydrolysis) is 1. The molecule has 0 saturated carbocycles. The van der Waals surface area contributed by atoms with E-state index in [-0.39, 0.29) is 0 Å². The van der Waals surface area contributed by atoms with E-state index in [0.29, 0.717) is 6.54 Å². The third-order valence-corrected chi connectivity index (χ3v) is 2.73. The Morgan fingerprint density at radius 2 is 1.95 bits per heavy atom. The van der Waals surface area contributed by atoms with Crippen LogP contribution in [0.4, 0.5) is 10.6 Å². The fourth-order valence-electron chi connectivity index (χ4n) is 1.74. The Hall–Kier alpha value is -1.78. The molecule has 0 aromatic carbocycles. The molecule has 5 nitrogen and oxygen atoms in total. The lowest BCUT2D eigenvalue weighted by atomic mass is 10.2. The van der Waals surface area contributed by atoms with Crippen molar-refractivity contribution in [3.63, 3.8) is 0 Å². The first-order valence-corrected chi connectivity index (χ1v) is 7.02. The molecule has 1 aromatic heterocycles. The molecule has 1 aromatic rings. The predicted molar refractivity (Wildman–Crippen MR) is 80.9 cm³/mol. The highest BCUT2D eigenvalue weighted by atomic mass is 16.6. The van der Waals surface area contributed by atoms with E-state index in [0.717, 1.165) is 24.5 Å². The van der Waals surface area contributed by atoms with Gasteiger partial charge in [0.2, 0.25) is 0 Å². The molecule has 0 saturated heterocycles. The molecule has 112 valence electrons. The molecule has 20 heavy (non-hydrogen) atoms. The van der Waals surface area contributed by atoms with Crippen molar-refractivity contribution in [2.24, 2.45) is 0 Å². The molecule has 0 spiro atoms. The molecule has 5 heteroatoms. The summed E-state index contributed by atoms with van der Waals surface area (Å²) in [6.45, 7) is 12.0. The van der Waals surface area contributed by atoms with E-state index in [1.54, 1.807) is 6.20 Å². The number of rotatable bonds is 5. The van der Waals surface area contributed by atoms with Crippen LogP contribution in [0.3, 0.4) is 0 Å². The topological polar surface area (TPSA) is 54.5 Å². The van der Waals surface area contributed by atoms with Crippen LogP contribution in [-0.4, -0.2) is 29.8 Å². The van der Waals surface area contributed by atoms with Gasteiger partial charge >= 0.3 is 6.09 Å².